The minimum atomic E-state index is -0.445. The number of rotatable bonds is 6. The van der Waals surface area contributed by atoms with Crippen LogP contribution in [0.15, 0.2) is 18.2 Å². The van der Waals surface area contributed by atoms with Crippen molar-refractivity contribution < 1.29 is 4.92 Å². The summed E-state index contributed by atoms with van der Waals surface area (Å²) < 4.78 is 0. The first kappa shape index (κ1) is 15.2. The molecule has 0 spiro atoms. The highest BCUT2D eigenvalue weighted by Gasteiger charge is 2.15. The summed E-state index contributed by atoms with van der Waals surface area (Å²) in [6, 6.07) is 5.31. The highest BCUT2D eigenvalue weighted by molar-refractivity contribution is 6.32. The van der Waals surface area contributed by atoms with Crippen molar-refractivity contribution >= 4 is 17.3 Å². The van der Waals surface area contributed by atoms with Crippen LogP contribution in [0.1, 0.15) is 25.3 Å². The van der Waals surface area contributed by atoms with Crippen LogP contribution >= 0.6 is 11.6 Å². The third kappa shape index (κ3) is 4.16. The van der Waals surface area contributed by atoms with Crippen LogP contribution < -0.4 is 5.32 Å². The first-order valence-corrected chi connectivity index (χ1v) is 7.32. The van der Waals surface area contributed by atoms with Gasteiger partial charge in [0, 0.05) is 25.2 Å². The summed E-state index contributed by atoms with van der Waals surface area (Å²) in [4.78, 5) is 12.8. The fourth-order valence-electron chi connectivity index (χ4n) is 2.52. The van der Waals surface area contributed by atoms with Crippen molar-refractivity contribution in [2.75, 3.05) is 19.6 Å². The summed E-state index contributed by atoms with van der Waals surface area (Å²) in [5.74, 6) is 0. The molecule has 6 heteroatoms. The molecular weight excluding hydrogens is 278 g/mol. The zero-order valence-corrected chi connectivity index (χ0v) is 12.4. The van der Waals surface area contributed by atoms with Crippen molar-refractivity contribution in [3.63, 3.8) is 0 Å². The van der Waals surface area contributed by atoms with E-state index < -0.39 is 4.92 Å². The Morgan fingerprint density at radius 2 is 2.15 bits per heavy atom. The third-order valence-electron chi connectivity index (χ3n) is 3.59. The molecule has 0 bridgehead atoms. The molecule has 0 amide bonds. The first-order valence-electron chi connectivity index (χ1n) is 6.95. The zero-order valence-electron chi connectivity index (χ0n) is 11.6. The molecular formula is C14H20ClN3O2. The molecule has 110 valence electrons. The number of nitro groups is 1. The van der Waals surface area contributed by atoms with Gasteiger partial charge < -0.3 is 10.2 Å². The average molecular weight is 298 g/mol. The van der Waals surface area contributed by atoms with E-state index in [1.54, 1.807) is 6.07 Å². The lowest BCUT2D eigenvalue weighted by atomic mass is 10.2. The van der Waals surface area contributed by atoms with E-state index in [1.165, 1.54) is 32.0 Å². The van der Waals surface area contributed by atoms with Crippen molar-refractivity contribution in [3.8, 4) is 0 Å². The first-order chi connectivity index (χ1) is 9.56. The lowest BCUT2D eigenvalue weighted by Gasteiger charge is -2.21. The van der Waals surface area contributed by atoms with Gasteiger partial charge in [-0.25, -0.2) is 0 Å². The van der Waals surface area contributed by atoms with Crippen molar-refractivity contribution in [1.82, 2.24) is 10.2 Å². The van der Waals surface area contributed by atoms with Crippen molar-refractivity contribution in [3.05, 3.63) is 38.9 Å². The Morgan fingerprint density at radius 1 is 1.45 bits per heavy atom. The molecule has 1 aromatic rings. The normalized spacial score (nSPS) is 17.3. The van der Waals surface area contributed by atoms with E-state index in [4.69, 9.17) is 11.6 Å². The minimum absolute atomic E-state index is 0.0295. The van der Waals surface area contributed by atoms with Gasteiger partial charge in [0.25, 0.3) is 5.69 Å². The smallest absolute Gasteiger partial charge is 0.288 e. The predicted octanol–water partition coefficient (Wildman–Crippen LogP) is 2.82. The van der Waals surface area contributed by atoms with E-state index in [2.05, 4.69) is 17.1 Å². The topological polar surface area (TPSA) is 58.4 Å². The summed E-state index contributed by atoms with van der Waals surface area (Å²) in [5, 5.41) is 14.4. The average Bonchev–Trinajstić information content (AvgIpc) is 2.90. The molecule has 1 aliphatic rings. The van der Waals surface area contributed by atoms with Crippen LogP contribution in [0.2, 0.25) is 5.02 Å². The molecule has 2 rings (SSSR count). The van der Waals surface area contributed by atoms with Gasteiger partial charge in [0.2, 0.25) is 0 Å². The number of nitrogens with one attached hydrogen (secondary N) is 1. The molecule has 1 fully saturated rings. The molecule has 1 heterocycles. The largest absolute Gasteiger partial charge is 0.309 e. The molecule has 0 radical (unpaired) electrons. The number of hydrogen-bond acceptors (Lipinski definition) is 4. The van der Waals surface area contributed by atoms with Crippen molar-refractivity contribution in [2.24, 2.45) is 0 Å². The second-order valence-electron chi connectivity index (χ2n) is 5.33. The Kier molecular flexibility index (Phi) is 5.34. The molecule has 0 aromatic heterocycles. The monoisotopic (exact) mass is 297 g/mol. The Balaban J connectivity index is 1.86. The molecule has 1 aromatic carbocycles. The van der Waals surface area contributed by atoms with E-state index in [1.807, 2.05) is 6.07 Å². The molecule has 1 unspecified atom stereocenters. The van der Waals surface area contributed by atoms with E-state index in [-0.39, 0.29) is 10.7 Å². The van der Waals surface area contributed by atoms with Gasteiger partial charge in [-0.2, -0.15) is 0 Å². The van der Waals surface area contributed by atoms with Crippen molar-refractivity contribution in [1.29, 1.82) is 0 Å². The summed E-state index contributed by atoms with van der Waals surface area (Å²) in [7, 11) is 0. The minimum Gasteiger partial charge on any atom is -0.309 e. The molecule has 1 atom stereocenters. The quantitative estimate of drug-likeness (QED) is 0.648. The van der Waals surface area contributed by atoms with Gasteiger partial charge in [-0.1, -0.05) is 17.7 Å². The van der Waals surface area contributed by atoms with Crippen LogP contribution in [0.25, 0.3) is 0 Å². The number of halogens is 1. The maximum Gasteiger partial charge on any atom is 0.288 e. The van der Waals surface area contributed by atoms with Crippen LogP contribution in [-0.4, -0.2) is 35.5 Å². The third-order valence-corrected chi connectivity index (χ3v) is 3.91. The number of likely N-dealkylation sites (tertiary alicyclic amines) is 1. The van der Waals surface area contributed by atoms with Crippen LogP contribution in [0.3, 0.4) is 0 Å². The summed E-state index contributed by atoms with van der Waals surface area (Å²) in [5.41, 5.74) is 0.854. The lowest BCUT2D eigenvalue weighted by molar-refractivity contribution is -0.384. The highest BCUT2D eigenvalue weighted by Crippen LogP contribution is 2.25. The summed E-state index contributed by atoms with van der Waals surface area (Å²) in [6.45, 7) is 6.14. The number of nitro benzene ring substituents is 1. The Morgan fingerprint density at radius 3 is 2.80 bits per heavy atom. The highest BCUT2D eigenvalue weighted by atomic mass is 35.5. The second-order valence-corrected chi connectivity index (χ2v) is 5.74. The maximum atomic E-state index is 10.8. The van der Waals surface area contributed by atoms with Crippen LogP contribution in [0.4, 0.5) is 5.69 Å². The van der Waals surface area contributed by atoms with Gasteiger partial charge in [0.05, 0.1) is 4.92 Å². The standard InChI is InChI=1S/C14H20ClN3O2/c1-11(10-17-6-2-3-7-17)16-9-12-4-5-13(15)14(8-12)18(19)20/h4-5,8,11,16H,2-3,6-7,9-10H2,1H3. The molecule has 1 saturated heterocycles. The molecule has 1 aliphatic heterocycles. The Labute approximate surface area is 124 Å². The molecule has 1 N–H and O–H groups in total. The number of nitrogens with zero attached hydrogens (tertiary/aromatic N) is 2. The molecule has 20 heavy (non-hydrogen) atoms. The predicted molar refractivity (Wildman–Crippen MR) is 80.1 cm³/mol. The van der Waals surface area contributed by atoms with E-state index in [0.29, 0.717) is 12.6 Å². The lowest BCUT2D eigenvalue weighted by Crippen LogP contribution is -2.37. The van der Waals surface area contributed by atoms with E-state index in [9.17, 15) is 10.1 Å². The van der Waals surface area contributed by atoms with Crippen LogP contribution in [0, 0.1) is 10.1 Å². The number of benzene rings is 1. The van der Waals surface area contributed by atoms with E-state index >= 15 is 0 Å². The molecule has 5 nitrogen and oxygen atoms in total. The summed E-state index contributed by atoms with van der Waals surface area (Å²) >= 11 is 5.80. The van der Waals surface area contributed by atoms with Crippen LogP contribution in [0.5, 0.6) is 0 Å². The van der Waals surface area contributed by atoms with Gasteiger partial charge in [0.15, 0.2) is 0 Å². The Hall–Kier alpha value is -1.17. The number of hydrogen-bond donors (Lipinski definition) is 1. The second kappa shape index (κ2) is 7.02. The molecule has 0 saturated carbocycles. The van der Waals surface area contributed by atoms with E-state index in [0.717, 1.165) is 12.1 Å². The van der Waals surface area contributed by atoms with Gasteiger partial charge in [0.1, 0.15) is 5.02 Å². The van der Waals surface area contributed by atoms with Crippen LogP contribution in [-0.2, 0) is 6.54 Å². The van der Waals surface area contributed by atoms with Crippen molar-refractivity contribution in [2.45, 2.75) is 32.4 Å². The van der Waals surface area contributed by atoms with Gasteiger partial charge >= 0.3 is 0 Å². The summed E-state index contributed by atoms with van der Waals surface area (Å²) in [6.07, 6.45) is 2.58. The van der Waals surface area contributed by atoms with Gasteiger partial charge in [-0.3, -0.25) is 10.1 Å². The fourth-order valence-corrected chi connectivity index (χ4v) is 2.70. The Bertz CT molecular complexity index is 475. The van der Waals surface area contributed by atoms with Gasteiger partial charge in [-0.15, -0.1) is 0 Å². The van der Waals surface area contributed by atoms with Gasteiger partial charge in [-0.05, 0) is 44.5 Å². The zero-order chi connectivity index (χ0) is 14.5. The SMILES string of the molecule is CC(CN1CCCC1)NCc1ccc(Cl)c([N+](=O)[O-])c1. The molecule has 0 aliphatic carbocycles. The fraction of sp³-hybridized carbons (Fsp3) is 0.571. The maximum absolute atomic E-state index is 10.8.